The molecule has 0 saturated carbocycles. The zero-order valence-corrected chi connectivity index (χ0v) is 24.6. The fourth-order valence-electron chi connectivity index (χ4n) is 6.73. The number of aromatic nitrogens is 6. The molecule has 9 rings (SSSR count). The SMILES string of the molecule is CC1(C)c2ccccc2C(=O)n2c1nc1cc3c4ccccc4n(-c4nc(-c5ccccc5)nc(-c5ccccc5)n4)c3cc12. The topological polar surface area (TPSA) is 78.5 Å². The van der Waals surface area contributed by atoms with Crippen molar-refractivity contribution in [3.05, 3.63) is 138 Å². The van der Waals surface area contributed by atoms with E-state index in [1.165, 1.54) is 0 Å². The molecule has 0 fully saturated rings. The second kappa shape index (κ2) is 9.27. The molecule has 7 nitrogen and oxygen atoms in total. The van der Waals surface area contributed by atoms with E-state index in [9.17, 15) is 4.79 Å². The van der Waals surface area contributed by atoms with E-state index in [1.807, 2.05) is 97.1 Å². The van der Waals surface area contributed by atoms with Crippen molar-refractivity contribution < 1.29 is 4.79 Å². The molecule has 45 heavy (non-hydrogen) atoms. The van der Waals surface area contributed by atoms with Gasteiger partial charge in [-0.25, -0.2) is 9.97 Å². The minimum absolute atomic E-state index is 0.0673. The van der Waals surface area contributed by atoms with Crippen LogP contribution in [-0.4, -0.2) is 35.0 Å². The Morgan fingerprint density at radius 3 is 1.89 bits per heavy atom. The van der Waals surface area contributed by atoms with Crippen molar-refractivity contribution >= 4 is 38.7 Å². The molecule has 1 aliphatic heterocycles. The summed E-state index contributed by atoms with van der Waals surface area (Å²) in [6, 6.07) is 40.2. The number of imidazole rings is 1. The van der Waals surface area contributed by atoms with Gasteiger partial charge in [-0.2, -0.15) is 9.97 Å². The normalized spacial score (nSPS) is 13.8. The zero-order valence-electron chi connectivity index (χ0n) is 24.6. The minimum atomic E-state index is -0.449. The predicted octanol–water partition coefficient (Wildman–Crippen LogP) is 7.98. The molecule has 0 saturated heterocycles. The Morgan fingerprint density at radius 1 is 0.556 bits per heavy atom. The predicted molar refractivity (Wildman–Crippen MR) is 177 cm³/mol. The Morgan fingerprint density at radius 2 is 1.18 bits per heavy atom. The van der Waals surface area contributed by atoms with Crippen LogP contribution in [0.15, 0.2) is 121 Å². The summed E-state index contributed by atoms with van der Waals surface area (Å²) in [6.07, 6.45) is 0. The first-order valence-electron chi connectivity index (χ1n) is 15.0. The van der Waals surface area contributed by atoms with E-state index in [-0.39, 0.29) is 5.91 Å². The number of benzene rings is 5. The summed E-state index contributed by atoms with van der Waals surface area (Å²) < 4.78 is 3.87. The summed E-state index contributed by atoms with van der Waals surface area (Å²) in [7, 11) is 0. The van der Waals surface area contributed by atoms with Gasteiger partial charge in [-0.05, 0) is 43.7 Å². The zero-order chi connectivity index (χ0) is 30.3. The lowest BCUT2D eigenvalue weighted by atomic mass is 9.78. The number of carbonyl (C=O) groups is 1. The summed E-state index contributed by atoms with van der Waals surface area (Å²) in [5, 5.41) is 2.07. The average Bonchev–Trinajstić information content (AvgIpc) is 3.63. The van der Waals surface area contributed by atoms with Gasteiger partial charge >= 0.3 is 0 Å². The van der Waals surface area contributed by atoms with E-state index in [1.54, 1.807) is 4.57 Å². The Kier molecular flexibility index (Phi) is 5.26. The molecule has 4 heterocycles. The first kappa shape index (κ1) is 25.5. The molecule has 8 aromatic rings. The maximum Gasteiger partial charge on any atom is 0.264 e. The second-order valence-corrected chi connectivity index (χ2v) is 12.0. The van der Waals surface area contributed by atoms with Gasteiger partial charge in [-0.1, -0.05) is 97.1 Å². The third-order valence-electron chi connectivity index (χ3n) is 8.93. The van der Waals surface area contributed by atoms with Crippen LogP contribution in [0.4, 0.5) is 0 Å². The number of fused-ring (bicyclic) bond motifs is 7. The van der Waals surface area contributed by atoms with E-state index < -0.39 is 5.41 Å². The van der Waals surface area contributed by atoms with Gasteiger partial charge in [0.05, 0.1) is 22.1 Å². The molecule has 0 unspecified atom stereocenters. The van der Waals surface area contributed by atoms with Crippen LogP contribution in [0.5, 0.6) is 0 Å². The Labute approximate surface area is 258 Å². The molecule has 1 aliphatic rings. The monoisotopic (exact) mass is 582 g/mol. The lowest BCUT2D eigenvalue weighted by Gasteiger charge is -2.31. The van der Waals surface area contributed by atoms with E-state index in [0.29, 0.717) is 23.2 Å². The number of rotatable bonds is 3. The highest BCUT2D eigenvalue weighted by molar-refractivity contribution is 6.14. The largest absolute Gasteiger partial charge is 0.278 e. The van der Waals surface area contributed by atoms with Gasteiger partial charge in [0.15, 0.2) is 11.6 Å². The molecule has 0 aliphatic carbocycles. The number of nitrogens with zero attached hydrogens (tertiary/aromatic N) is 6. The van der Waals surface area contributed by atoms with Crippen LogP contribution in [-0.2, 0) is 5.41 Å². The number of hydrogen-bond donors (Lipinski definition) is 0. The standard InChI is InChI=1S/C38H26N6O/c1-38(2)28-19-11-9-18-26(28)35(45)44-32-22-31-27(21-29(32)39-36(38)44)25-17-10-12-20-30(25)43(31)37-41-33(23-13-5-3-6-14-23)40-34(42-37)24-15-7-4-8-16-24/h3-22H,1-2H3. The Hall–Kier alpha value is -5.95. The molecule has 5 aromatic carbocycles. The van der Waals surface area contributed by atoms with Gasteiger partial charge in [-0.3, -0.25) is 13.9 Å². The number of carbonyl (C=O) groups excluding carboxylic acids is 1. The fourth-order valence-corrected chi connectivity index (χ4v) is 6.73. The van der Waals surface area contributed by atoms with Crippen molar-refractivity contribution in [2.24, 2.45) is 0 Å². The van der Waals surface area contributed by atoms with Crippen LogP contribution in [0, 0.1) is 0 Å². The maximum atomic E-state index is 14.0. The summed E-state index contributed by atoms with van der Waals surface area (Å²) >= 11 is 0. The van der Waals surface area contributed by atoms with Crippen LogP contribution in [0.1, 0.15) is 35.6 Å². The first-order valence-corrected chi connectivity index (χ1v) is 15.0. The minimum Gasteiger partial charge on any atom is -0.278 e. The highest BCUT2D eigenvalue weighted by atomic mass is 16.2. The lowest BCUT2D eigenvalue weighted by molar-refractivity contribution is 0.0948. The third-order valence-corrected chi connectivity index (χ3v) is 8.93. The average molecular weight is 583 g/mol. The molecule has 7 heteroatoms. The number of para-hydroxylation sites is 1. The highest BCUT2D eigenvalue weighted by Gasteiger charge is 2.39. The molecular weight excluding hydrogens is 556 g/mol. The molecule has 0 radical (unpaired) electrons. The molecule has 0 atom stereocenters. The first-order chi connectivity index (χ1) is 22.0. The van der Waals surface area contributed by atoms with Crippen molar-refractivity contribution in [3.8, 4) is 28.7 Å². The van der Waals surface area contributed by atoms with Crippen molar-refractivity contribution in [2.45, 2.75) is 19.3 Å². The summed E-state index contributed by atoms with van der Waals surface area (Å²) in [5.41, 5.74) is 6.43. The van der Waals surface area contributed by atoms with Gasteiger partial charge in [0.25, 0.3) is 5.91 Å². The molecule has 0 spiro atoms. The van der Waals surface area contributed by atoms with Crippen LogP contribution >= 0.6 is 0 Å². The smallest absolute Gasteiger partial charge is 0.264 e. The summed E-state index contributed by atoms with van der Waals surface area (Å²) in [5.74, 6) is 2.34. The molecular formula is C38H26N6O. The highest BCUT2D eigenvalue weighted by Crippen LogP contribution is 2.41. The summed E-state index contributed by atoms with van der Waals surface area (Å²) in [4.78, 5) is 34.1. The second-order valence-electron chi connectivity index (χ2n) is 12.0. The van der Waals surface area contributed by atoms with Crippen LogP contribution in [0.2, 0.25) is 0 Å². The van der Waals surface area contributed by atoms with Crippen LogP contribution in [0.3, 0.4) is 0 Å². The quantitative estimate of drug-likeness (QED) is 0.211. The lowest BCUT2D eigenvalue weighted by Crippen LogP contribution is -2.35. The van der Waals surface area contributed by atoms with E-state index in [2.05, 4.69) is 42.7 Å². The maximum absolute atomic E-state index is 14.0. The van der Waals surface area contributed by atoms with Crippen LogP contribution in [0.25, 0.3) is 61.6 Å². The van der Waals surface area contributed by atoms with Gasteiger partial charge in [0.1, 0.15) is 5.82 Å². The Bertz CT molecular complexity index is 2420. The molecule has 0 N–H and O–H groups in total. The van der Waals surface area contributed by atoms with E-state index >= 15 is 0 Å². The molecule has 0 bridgehead atoms. The van der Waals surface area contributed by atoms with Gasteiger partial charge in [-0.15, -0.1) is 0 Å². The third kappa shape index (κ3) is 3.67. The van der Waals surface area contributed by atoms with Crippen molar-refractivity contribution in [1.82, 2.24) is 29.1 Å². The molecule has 0 amide bonds. The van der Waals surface area contributed by atoms with Crippen molar-refractivity contribution in [1.29, 1.82) is 0 Å². The molecule has 3 aromatic heterocycles. The van der Waals surface area contributed by atoms with E-state index in [0.717, 1.165) is 55.4 Å². The Balaban J connectivity index is 1.37. The molecule has 214 valence electrons. The van der Waals surface area contributed by atoms with E-state index in [4.69, 9.17) is 19.9 Å². The van der Waals surface area contributed by atoms with Gasteiger partial charge in [0, 0.05) is 32.9 Å². The van der Waals surface area contributed by atoms with Gasteiger partial charge < -0.3 is 0 Å². The van der Waals surface area contributed by atoms with Crippen molar-refractivity contribution in [3.63, 3.8) is 0 Å². The van der Waals surface area contributed by atoms with Crippen molar-refractivity contribution in [2.75, 3.05) is 0 Å². The van der Waals surface area contributed by atoms with Crippen LogP contribution < -0.4 is 0 Å². The fraction of sp³-hybridized carbons (Fsp3) is 0.0789. The number of hydrogen-bond acceptors (Lipinski definition) is 5. The summed E-state index contributed by atoms with van der Waals surface area (Å²) in [6.45, 7) is 4.26. The van der Waals surface area contributed by atoms with Gasteiger partial charge in [0.2, 0.25) is 5.95 Å².